The number of nitrogens with one attached hydrogen (secondary N) is 1. The van der Waals surface area contributed by atoms with Gasteiger partial charge in [-0.3, -0.25) is 4.90 Å². The quantitative estimate of drug-likeness (QED) is 0.912. The summed E-state index contributed by atoms with van der Waals surface area (Å²) >= 11 is 0. The standard InChI is InChI=1S/C16H24F2N2/c1-11(2)7-14-10-20(12(3)8-19-14)9-13-5-4-6-15(17)16(13)18/h4-6,11-12,14,19H,7-10H2,1-3H3. The predicted molar refractivity (Wildman–Crippen MR) is 77.5 cm³/mol. The summed E-state index contributed by atoms with van der Waals surface area (Å²) in [4.78, 5) is 2.24. The van der Waals surface area contributed by atoms with Gasteiger partial charge in [-0.2, -0.15) is 0 Å². The van der Waals surface area contributed by atoms with Gasteiger partial charge >= 0.3 is 0 Å². The maximum absolute atomic E-state index is 13.8. The van der Waals surface area contributed by atoms with Gasteiger partial charge in [0.25, 0.3) is 0 Å². The van der Waals surface area contributed by atoms with E-state index in [1.807, 2.05) is 0 Å². The predicted octanol–water partition coefficient (Wildman–Crippen LogP) is 3.17. The van der Waals surface area contributed by atoms with Crippen LogP contribution in [0.25, 0.3) is 0 Å². The number of rotatable bonds is 4. The first-order valence-electron chi connectivity index (χ1n) is 7.37. The number of benzene rings is 1. The molecule has 1 heterocycles. The molecular formula is C16H24F2N2. The Bertz CT molecular complexity index is 448. The molecule has 2 rings (SSSR count). The summed E-state index contributed by atoms with van der Waals surface area (Å²) in [6, 6.07) is 5.18. The van der Waals surface area contributed by atoms with Crippen molar-refractivity contribution in [3.05, 3.63) is 35.4 Å². The zero-order chi connectivity index (χ0) is 14.7. The molecule has 0 aromatic heterocycles. The average Bonchev–Trinajstić information content (AvgIpc) is 2.38. The van der Waals surface area contributed by atoms with E-state index in [0.29, 0.717) is 30.1 Å². The molecule has 0 saturated carbocycles. The molecule has 2 nitrogen and oxygen atoms in total. The first kappa shape index (κ1) is 15.4. The van der Waals surface area contributed by atoms with Crippen molar-refractivity contribution < 1.29 is 8.78 Å². The lowest BCUT2D eigenvalue weighted by atomic mass is 9.99. The Balaban J connectivity index is 2.04. The summed E-state index contributed by atoms with van der Waals surface area (Å²) in [6.07, 6.45) is 1.11. The Morgan fingerprint density at radius 3 is 2.80 bits per heavy atom. The highest BCUT2D eigenvalue weighted by Crippen LogP contribution is 2.19. The summed E-state index contributed by atoms with van der Waals surface area (Å²) in [5.41, 5.74) is 0.446. The van der Waals surface area contributed by atoms with Crippen molar-refractivity contribution >= 4 is 0 Å². The highest BCUT2D eigenvalue weighted by Gasteiger charge is 2.26. The van der Waals surface area contributed by atoms with Crippen LogP contribution in [0.5, 0.6) is 0 Å². The SMILES string of the molecule is CC(C)CC1CN(Cc2cccc(F)c2F)C(C)CN1. The van der Waals surface area contributed by atoms with Gasteiger partial charge in [0.1, 0.15) is 0 Å². The van der Waals surface area contributed by atoms with Crippen LogP contribution in [-0.4, -0.2) is 30.1 Å². The van der Waals surface area contributed by atoms with Gasteiger partial charge in [-0.25, -0.2) is 8.78 Å². The number of hydrogen-bond donors (Lipinski definition) is 1. The lowest BCUT2D eigenvalue weighted by molar-refractivity contribution is 0.123. The minimum atomic E-state index is -0.760. The van der Waals surface area contributed by atoms with Gasteiger partial charge in [0, 0.05) is 37.3 Å². The zero-order valence-electron chi connectivity index (χ0n) is 12.5. The number of hydrogen-bond acceptors (Lipinski definition) is 2. The van der Waals surface area contributed by atoms with E-state index in [2.05, 4.69) is 31.0 Å². The maximum atomic E-state index is 13.8. The highest BCUT2D eigenvalue weighted by atomic mass is 19.2. The van der Waals surface area contributed by atoms with Gasteiger partial charge in [-0.15, -0.1) is 0 Å². The van der Waals surface area contributed by atoms with Gasteiger partial charge < -0.3 is 5.32 Å². The Hall–Kier alpha value is -1.00. The molecule has 0 bridgehead atoms. The fourth-order valence-electron chi connectivity index (χ4n) is 2.83. The van der Waals surface area contributed by atoms with Gasteiger partial charge in [0.2, 0.25) is 0 Å². The molecule has 1 aliphatic rings. The largest absolute Gasteiger partial charge is 0.311 e. The smallest absolute Gasteiger partial charge is 0.163 e. The zero-order valence-corrected chi connectivity index (χ0v) is 12.5. The van der Waals surface area contributed by atoms with Crippen LogP contribution in [0.15, 0.2) is 18.2 Å². The summed E-state index contributed by atoms with van der Waals surface area (Å²) in [5, 5.41) is 3.53. The van der Waals surface area contributed by atoms with Crippen molar-refractivity contribution in [1.29, 1.82) is 0 Å². The van der Waals surface area contributed by atoms with Crippen molar-refractivity contribution in [2.24, 2.45) is 5.92 Å². The molecule has 1 aliphatic heterocycles. The lowest BCUT2D eigenvalue weighted by Crippen LogP contribution is -2.55. The molecule has 1 aromatic carbocycles. The first-order valence-corrected chi connectivity index (χ1v) is 7.37. The lowest BCUT2D eigenvalue weighted by Gasteiger charge is -2.39. The van der Waals surface area contributed by atoms with Crippen LogP contribution < -0.4 is 5.32 Å². The summed E-state index contributed by atoms with van der Waals surface area (Å²) in [7, 11) is 0. The van der Waals surface area contributed by atoms with E-state index in [9.17, 15) is 8.78 Å². The molecule has 0 spiro atoms. The molecule has 20 heavy (non-hydrogen) atoms. The number of piperazine rings is 1. The second-order valence-electron chi connectivity index (χ2n) is 6.23. The second kappa shape index (κ2) is 6.64. The Labute approximate surface area is 120 Å². The van der Waals surface area contributed by atoms with E-state index in [-0.39, 0.29) is 0 Å². The minimum absolute atomic E-state index is 0.334. The van der Waals surface area contributed by atoms with Crippen LogP contribution in [0.2, 0.25) is 0 Å². The average molecular weight is 282 g/mol. The number of halogens is 2. The molecule has 1 aromatic rings. The van der Waals surface area contributed by atoms with Crippen molar-refractivity contribution in [1.82, 2.24) is 10.2 Å². The third-order valence-corrected chi connectivity index (χ3v) is 3.94. The third-order valence-electron chi connectivity index (χ3n) is 3.94. The van der Waals surface area contributed by atoms with Crippen LogP contribution in [0.4, 0.5) is 8.78 Å². The number of nitrogens with zero attached hydrogens (tertiary/aromatic N) is 1. The van der Waals surface area contributed by atoms with E-state index in [1.54, 1.807) is 12.1 Å². The molecule has 0 aliphatic carbocycles. The molecule has 112 valence electrons. The topological polar surface area (TPSA) is 15.3 Å². The minimum Gasteiger partial charge on any atom is -0.311 e. The highest BCUT2D eigenvalue weighted by molar-refractivity contribution is 5.19. The van der Waals surface area contributed by atoms with Crippen molar-refractivity contribution in [2.75, 3.05) is 13.1 Å². The van der Waals surface area contributed by atoms with Crippen LogP contribution in [-0.2, 0) is 6.54 Å². The Morgan fingerprint density at radius 2 is 2.10 bits per heavy atom. The van der Waals surface area contributed by atoms with Gasteiger partial charge in [-0.05, 0) is 25.3 Å². The monoisotopic (exact) mass is 282 g/mol. The molecule has 2 atom stereocenters. The van der Waals surface area contributed by atoms with Crippen LogP contribution in [0, 0.1) is 17.6 Å². The van der Waals surface area contributed by atoms with Crippen LogP contribution in [0.1, 0.15) is 32.8 Å². The molecule has 2 unspecified atom stereocenters. The van der Waals surface area contributed by atoms with E-state index in [0.717, 1.165) is 19.5 Å². The van der Waals surface area contributed by atoms with Gasteiger partial charge in [-0.1, -0.05) is 26.0 Å². The molecule has 0 amide bonds. The third kappa shape index (κ3) is 3.76. The normalized spacial score (nSPS) is 24.3. The van der Waals surface area contributed by atoms with E-state index in [4.69, 9.17) is 0 Å². The van der Waals surface area contributed by atoms with Gasteiger partial charge in [0.15, 0.2) is 11.6 Å². The Kier molecular flexibility index (Phi) is 5.11. The summed E-state index contributed by atoms with van der Waals surface area (Å²) in [5.74, 6) is -0.837. The van der Waals surface area contributed by atoms with Gasteiger partial charge in [0.05, 0.1) is 0 Å². The molecule has 4 heteroatoms. The van der Waals surface area contributed by atoms with Crippen molar-refractivity contribution in [2.45, 2.75) is 45.8 Å². The van der Waals surface area contributed by atoms with E-state index in [1.165, 1.54) is 6.07 Å². The van der Waals surface area contributed by atoms with E-state index >= 15 is 0 Å². The molecule has 0 radical (unpaired) electrons. The molecule has 1 saturated heterocycles. The molecule has 1 N–H and O–H groups in total. The van der Waals surface area contributed by atoms with Crippen LogP contribution >= 0.6 is 0 Å². The maximum Gasteiger partial charge on any atom is 0.163 e. The summed E-state index contributed by atoms with van der Waals surface area (Å²) in [6.45, 7) is 8.78. The first-order chi connectivity index (χ1) is 9.47. The second-order valence-corrected chi connectivity index (χ2v) is 6.23. The van der Waals surface area contributed by atoms with Crippen molar-refractivity contribution in [3.8, 4) is 0 Å². The fraction of sp³-hybridized carbons (Fsp3) is 0.625. The van der Waals surface area contributed by atoms with Crippen molar-refractivity contribution in [3.63, 3.8) is 0 Å². The molecular weight excluding hydrogens is 258 g/mol. The van der Waals surface area contributed by atoms with Crippen LogP contribution in [0.3, 0.4) is 0 Å². The Morgan fingerprint density at radius 1 is 1.35 bits per heavy atom. The molecule has 1 fully saturated rings. The fourth-order valence-corrected chi connectivity index (χ4v) is 2.83. The van der Waals surface area contributed by atoms with E-state index < -0.39 is 11.6 Å². The summed E-state index contributed by atoms with van der Waals surface area (Å²) < 4.78 is 27.0.